The highest BCUT2D eigenvalue weighted by Gasteiger charge is 2.21. The van der Waals surface area contributed by atoms with E-state index in [4.69, 9.17) is 10.5 Å². The fourth-order valence-corrected chi connectivity index (χ4v) is 3.31. The summed E-state index contributed by atoms with van der Waals surface area (Å²) in [5, 5.41) is 2.57. The number of fused-ring (bicyclic) bond motifs is 1. The van der Waals surface area contributed by atoms with E-state index in [0.29, 0.717) is 16.9 Å². The number of imidazole rings is 1. The molecule has 8 nitrogen and oxygen atoms in total. The van der Waals surface area contributed by atoms with Gasteiger partial charge in [0.25, 0.3) is 11.8 Å². The van der Waals surface area contributed by atoms with Crippen LogP contribution < -0.4 is 11.1 Å². The lowest BCUT2D eigenvalue weighted by molar-refractivity contribution is -0.123. The van der Waals surface area contributed by atoms with Crippen LogP contribution in [0.3, 0.4) is 0 Å². The number of para-hydroxylation sites is 1. The number of anilines is 1. The molecule has 2 amide bonds. The predicted molar refractivity (Wildman–Crippen MR) is 125 cm³/mol. The van der Waals surface area contributed by atoms with Gasteiger partial charge in [0.1, 0.15) is 5.82 Å². The molecule has 0 bridgehead atoms. The Bertz CT molecular complexity index is 1360. The van der Waals surface area contributed by atoms with Gasteiger partial charge in [-0.1, -0.05) is 42.0 Å². The van der Waals surface area contributed by atoms with Crippen LogP contribution in [-0.2, 0) is 9.53 Å². The first-order valence-electron chi connectivity index (χ1n) is 10.3. The van der Waals surface area contributed by atoms with Crippen LogP contribution in [0.5, 0.6) is 0 Å². The number of amides is 2. The lowest BCUT2D eigenvalue weighted by Gasteiger charge is -2.15. The highest BCUT2D eigenvalue weighted by molar-refractivity contribution is 6.04. The number of benzene rings is 3. The maximum absolute atomic E-state index is 12.6. The molecule has 0 aliphatic heterocycles. The molecule has 0 aliphatic carbocycles. The minimum atomic E-state index is -1.10. The van der Waals surface area contributed by atoms with Crippen LogP contribution in [0.2, 0.25) is 0 Å². The number of H-pyrrole nitrogens is 1. The number of nitrogens with zero attached hydrogens (tertiary/aromatic N) is 1. The van der Waals surface area contributed by atoms with Gasteiger partial charge in [-0.3, -0.25) is 9.59 Å². The Labute approximate surface area is 189 Å². The molecule has 0 radical (unpaired) electrons. The second-order valence-corrected chi connectivity index (χ2v) is 7.63. The van der Waals surface area contributed by atoms with Crippen molar-refractivity contribution < 1.29 is 19.1 Å². The van der Waals surface area contributed by atoms with Crippen LogP contribution in [0.15, 0.2) is 66.7 Å². The van der Waals surface area contributed by atoms with Crippen LogP contribution in [0, 0.1) is 6.92 Å². The molecule has 4 rings (SSSR count). The molecular formula is C25H22N4O4. The van der Waals surface area contributed by atoms with Gasteiger partial charge in [-0.15, -0.1) is 0 Å². The fourth-order valence-electron chi connectivity index (χ4n) is 3.31. The largest absolute Gasteiger partial charge is 0.449 e. The predicted octanol–water partition coefficient (Wildman–Crippen LogP) is 3.82. The summed E-state index contributed by atoms with van der Waals surface area (Å²) in [6.07, 6.45) is -1.10. The van der Waals surface area contributed by atoms with E-state index in [0.717, 1.165) is 11.1 Å². The third kappa shape index (κ3) is 4.74. The molecule has 1 atom stereocenters. The highest BCUT2D eigenvalue weighted by Crippen LogP contribution is 2.22. The third-order valence-electron chi connectivity index (χ3n) is 5.15. The van der Waals surface area contributed by atoms with Gasteiger partial charge >= 0.3 is 5.97 Å². The van der Waals surface area contributed by atoms with E-state index in [1.54, 1.807) is 36.4 Å². The van der Waals surface area contributed by atoms with Gasteiger partial charge in [0, 0.05) is 5.56 Å². The van der Waals surface area contributed by atoms with Crippen molar-refractivity contribution in [3.63, 3.8) is 0 Å². The Balaban J connectivity index is 1.47. The van der Waals surface area contributed by atoms with E-state index in [-0.39, 0.29) is 16.8 Å². The molecule has 0 fully saturated rings. The quantitative estimate of drug-likeness (QED) is 0.391. The molecule has 1 heterocycles. The second kappa shape index (κ2) is 8.96. The van der Waals surface area contributed by atoms with Crippen LogP contribution in [0.1, 0.15) is 33.2 Å². The van der Waals surface area contributed by atoms with Gasteiger partial charge in [0.2, 0.25) is 0 Å². The normalized spacial score (nSPS) is 11.7. The molecule has 33 heavy (non-hydrogen) atoms. The van der Waals surface area contributed by atoms with Crippen LogP contribution in [-0.4, -0.2) is 33.9 Å². The zero-order valence-corrected chi connectivity index (χ0v) is 18.1. The number of hydrogen-bond acceptors (Lipinski definition) is 5. The Kier molecular flexibility index (Phi) is 5.91. The van der Waals surface area contributed by atoms with E-state index in [9.17, 15) is 14.4 Å². The van der Waals surface area contributed by atoms with Gasteiger partial charge in [0.15, 0.2) is 6.10 Å². The average Bonchev–Trinajstić information content (AvgIpc) is 3.23. The number of aromatic nitrogens is 2. The first-order valence-corrected chi connectivity index (χ1v) is 10.3. The maximum Gasteiger partial charge on any atom is 0.338 e. The van der Waals surface area contributed by atoms with Crippen molar-refractivity contribution in [2.24, 2.45) is 5.73 Å². The minimum Gasteiger partial charge on any atom is -0.449 e. The van der Waals surface area contributed by atoms with E-state index in [1.807, 2.05) is 31.2 Å². The standard InChI is InChI=1S/C25H22N4O4/c1-14-7-9-16(10-8-14)23-27-20-12-11-17(13-21(20)28-23)25(32)33-15(2)24(31)29-19-6-4-3-5-18(19)22(26)30/h3-13,15H,1-2H3,(H2,26,30)(H,27,28)(H,29,31). The van der Waals surface area contributed by atoms with E-state index in [2.05, 4.69) is 15.3 Å². The summed E-state index contributed by atoms with van der Waals surface area (Å²) < 4.78 is 5.32. The number of carbonyl (C=O) groups is 3. The Morgan fingerprint density at radius 2 is 1.76 bits per heavy atom. The smallest absolute Gasteiger partial charge is 0.338 e. The molecule has 4 aromatic rings. The van der Waals surface area contributed by atoms with E-state index >= 15 is 0 Å². The summed E-state index contributed by atoms with van der Waals surface area (Å²) in [6, 6.07) is 19.2. The number of ether oxygens (including phenoxy) is 1. The van der Waals surface area contributed by atoms with Crippen molar-refractivity contribution in [3.8, 4) is 11.4 Å². The average molecular weight is 442 g/mol. The van der Waals surface area contributed by atoms with Crippen LogP contribution in [0.25, 0.3) is 22.4 Å². The SMILES string of the molecule is Cc1ccc(-c2nc3ccc(C(=O)OC(C)C(=O)Nc4ccccc4C(N)=O)cc3[nH]2)cc1. The summed E-state index contributed by atoms with van der Waals surface area (Å²) >= 11 is 0. The number of nitrogens with one attached hydrogen (secondary N) is 2. The Hall–Kier alpha value is -4.46. The van der Waals surface area contributed by atoms with E-state index < -0.39 is 23.9 Å². The van der Waals surface area contributed by atoms with Crippen LogP contribution >= 0.6 is 0 Å². The summed E-state index contributed by atoms with van der Waals surface area (Å²) in [4.78, 5) is 44.4. The van der Waals surface area contributed by atoms with Crippen molar-refractivity contribution in [2.45, 2.75) is 20.0 Å². The number of aryl methyl sites for hydroxylation is 1. The van der Waals surface area contributed by atoms with Crippen molar-refractivity contribution >= 4 is 34.5 Å². The molecule has 4 N–H and O–H groups in total. The third-order valence-corrected chi connectivity index (χ3v) is 5.15. The zero-order chi connectivity index (χ0) is 23.5. The molecule has 0 saturated carbocycles. The van der Waals surface area contributed by atoms with Crippen LogP contribution in [0.4, 0.5) is 5.69 Å². The number of primary amides is 1. The molecule has 0 saturated heterocycles. The first-order chi connectivity index (χ1) is 15.8. The summed E-state index contributed by atoms with van der Waals surface area (Å²) in [6.45, 7) is 3.46. The molecule has 1 aromatic heterocycles. The van der Waals surface area contributed by atoms with Gasteiger partial charge in [0.05, 0.1) is 27.8 Å². The van der Waals surface area contributed by atoms with Crippen molar-refractivity contribution in [3.05, 3.63) is 83.4 Å². The molecule has 3 aromatic carbocycles. The first kappa shape index (κ1) is 21.8. The summed E-state index contributed by atoms with van der Waals surface area (Å²) in [7, 11) is 0. The molecular weight excluding hydrogens is 420 g/mol. The Morgan fingerprint density at radius 3 is 2.48 bits per heavy atom. The molecule has 166 valence electrons. The van der Waals surface area contributed by atoms with Gasteiger partial charge < -0.3 is 20.8 Å². The highest BCUT2D eigenvalue weighted by atomic mass is 16.5. The summed E-state index contributed by atoms with van der Waals surface area (Å²) in [5.74, 6) is -1.22. The number of esters is 1. The van der Waals surface area contributed by atoms with Gasteiger partial charge in [-0.25, -0.2) is 9.78 Å². The van der Waals surface area contributed by atoms with Gasteiger partial charge in [-0.2, -0.15) is 0 Å². The zero-order valence-electron chi connectivity index (χ0n) is 18.1. The van der Waals surface area contributed by atoms with Crippen molar-refractivity contribution in [1.82, 2.24) is 9.97 Å². The monoisotopic (exact) mass is 442 g/mol. The topological polar surface area (TPSA) is 127 Å². The maximum atomic E-state index is 12.6. The molecule has 1 unspecified atom stereocenters. The second-order valence-electron chi connectivity index (χ2n) is 7.63. The number of aromatic amines is 1. The Morgan fingerprint density at radius 1 is 1.03 bits per heavy atom. The number of rotatable bonds is 6. The lowest BCUT2D eigenvalue weighted by Crippen LogP contribution is -2.30. The fraction of sp³-hybridized carbons (Fsp3) is 0.120. The number of hydrogen-bond donors (Lipinski definition) is 3. The van der Waals surface area contributed by atoms with Crippen molar-refractivity contribution in [1.29, 1.82) is 0 Å². The van der Waals surface area contributed by atoms with Gasteiger partial charge in [-0.05, 0) is 44.2 Å². The minimum absolute atomic E-state index is 0.165. The number of carbonyl (C=O) groups excluding carboxylic acids is 3. The molecule has 0 spiro atoms. The molecule has 0 aliphatic rings. The summed E-state index contributed by atoms with van der Waals surface area (Å²) in [5.41, 5.74) is 9.48. The van der Waals surface area contributed by atoms with Crippen molar-refractivity contribution in [2.75, 3.05) is 5.32 Å². The molecule has 8 heteroatoms. The number of nitrogens with two attached hydrogens (primary N) is 1. The lowest BCUT2D eigenvalue weighted by atomic mass is 10.1. The van der Waals surface area contributed by atoms with E-state index in [1.165, 1.54) is 13.0 Å².